The first-order chi connectivity index (χ1) is 17.4. The average Bonchev–Trinajstić information content (AvgIpc) is 3.63. The molecule has 4 atom stereocenters. The van der Waals surface area contributed by atoms with Crippen molar-refractivity contribution in [3.05, 3.63) is 54.1 Å². The van der Waals surface area contributed by atoms with Crippen LogP contribution in [0.25, 0.3) is 17.1 Å². The van der Waals surface area contributed by atoms with Gasteiger partial charge in [-0.3, -0.25) is 9.36 Å². The molecule has 4 unspecified atom stereocenters. The standard InChI is InChI=1S/C29H36N4O2S/c1-18(2)24-7-5-6-8-26(24)33-28(21-11-13-23(35-4)14-12-21)31-32-29(33)36-17-27(34)30-19(3)25-16-20-9-10-22(25)15-20/h5-8,11-14,18-20,22,25H,9-10,15-17H2,1-4H3,(H,30,34). The first-order valence-electron chi connectivity index (χ1n) is 13.1. The van der Waals surface area contributed by atoms with E-state index in [4.69, 9.17) is 4.74 Å². The van der Waals surface area contributed by atoms with Gasteiger partial charge in [-0.2, -0.15) is 0 Å². The molecule has 1 N–H and O–H groups in total. The van der Waals surface area contributed by atoms with Crippen molar-refractivity contribution >= 4 is 17.7 Å². The third kappa shape index (κ3) is 5.03. The van der Waals surface area contributed by atoms with Gasteiger partial charge >= 0.3 is 0 Å². The summed E-state index contributed by atoms with van der Waals surface area (Å²) in [5.74, 6) is 4.55. The van der Waals surface area contributed by atoms with Crippen LogP contribution in [0.4, 0.5) is 0 Å². The molecule has 1 amide bonds. The SMILES string of the molecule is COc1ccc(-c2nnc(SCC(=O)NC(C)C3CC4CCC3C4)n2-c2ccccc2C(C)C)cc1. The fourth-order valence-electron chi connectivity index (χ4n) is 6.13. The van der Waals surface area contributed by atoms with E-state index >= 15 is 0 Å². The smallest absolute Gasteiger partial charge is 0.230 e. The van der Waals surface area contributed by atoms with Gasteiger partial charge in [0.1, 0.15) is 5.75 Å². The van der Waals surface area contributed by atoms with Crippen LogP contribution >= 0.6 is 11.8 Å². The van der Waals surface area contributed by atoms with Gasteiger partial charge in [0.05, 0.1) is 18.6 Å². The van der Waals surface area contributed by atoms with Gasteiger partial charge in [0.2, 0.25) is 5.91 Å². The van der Waals surface area contributed by atoms with E-state index in [0.29, 0.717) is 17.6 Å². The fourth-order valence-corrected chi connectivity index (χ4v) is 6.88. The van der Waals surface area contributed by atoms with Gasteiger partial charge < -0.3 is 10.1 Å². The summed E-state index contributed by atoms with van der Waals surface area (Å²) >= 11 is 1.45. The minimum absolute atomic E-state index is 0.0629. The number of fused-ring (bicyclic) bond motifs is 2. The molecule has 1 heterocycles. The highest BCUT2D eigenvalue weighted by Gasteiger charge is 2.42. The number of ether oxygens (including phenoxy) is 1. The summed E-state index contributed by atoms with van der Waals surface area (Å²) in [6, 6.07) is 16.4. The summed E-state index contributed by atoms with van der Waals surface area (Å²) in [5.41, 5.74) is 3.20. The van der Waals surface area contributed by atoms with Gasteiger partial charge in [0.15, 0.2) is 11.0 Å². The Balaban J connectivity index is 1.38. The van der Waals surface area contributed by atoms with Crippen LogP contribution < -0.4 is 10.1 Å². The molecule has 0 aliphatic heterocycles. The van der Waals surface area contributed by atoms with Crippen LogP contribution in [0.3, 0.4) is 0 Å². The molecular formula is C29H36N4O2S. The Hall–Kier alpha value is -2.80. The van der Waals surface area contributed by atoms with Gasteiger partial charge in [0.25, 0.3) is 0 Å². The van der Waals surface area contributed by atoms with Crippen LogP contribution in [0.1, 0.15) is 57.9 Å². The number of para-hydroxylation sites is 1. The lowest BCUT2D eigenvalue weighted by molar-refractivity contribution is -0.119. The van der Waals surface area contributed by atoms with E-state index in [9.17, 15) is 4.79 Å². The number of hydrogen-bond acceptors (Lipinski definition) is 5. The molecule has 2 aliphatic carbocycles. The molecule has 2 saturated carbocycles. The zero-order valence-electron chi connectivity index (χ0n) is 21.6. The molecule has 0 radical (unpaired) electrons. The van der Waals surface area contributed by atoms with E-state index in [2.05, 4.69) is 59.1 Å². The molecular weight excluding hydrogens is 468 g/mol. The normalized spacial score (nSPS) is 21.6. The molecule has 7 heteroatoms. The Kier molecular flexibility index (Phi) is 7.37. The Bertz CT molecular complexity index is 1210. The van der Waals surface area contributed by atoms with Crippen LogP contribution in [-0.2, 0) is 4.79 Å². The highest BCUT2D eigenvalue weighted by molar-refractivity contribution is 7.99. The summed E-state index contributed by atoms with van der Waals surface area (Å²) < 4.78 is 7.43. The maximum atomic E-state index is 13.0. The van der Waals surface area contributed by atoms with Crippen molar-refractivity contribution in [3.8, 4) is 22.8 Å². The summed E-state index contributed by atoms with van der Waals surface area (Å²) in [4.78, 5) is 13.0. The molecule has 0 spiro atoms. The molecule has 0 saturated heterocycles. The van der Waals surface area contributed by atoms with Crippen LogP contribution in [0.15, 0.2) is 53.7 Å². The van der Waals surface area contributed by atoms with E-state index in [0.717, 1.165) is 39.8 Å². The van der Waals surface area contributed by atoms with E-state index < -0.39 is 0 Å². The molecule has 2 aromatic carbocycles. The highest BCUT2D eigenvalue weighted by Crippen LogP contribution is 2.49. The van der Waals surface area contributed by atoms with E-state index in [1.165, 1.54) is 43.0 Å². The average molecular weight is 505 g/mol. The van der Waals surface area contributed by atoms with Crippen LogP contribution in [0, 0.1) is 17.8 Å². The number of carbonyl (C=O) groups excluding carboxylic acids is 1. The maximum Gasteiger partial charge on any atom is 0.230 e. The van der Waals surface area contributed by atoms with Crippen molar-refractivity contribution in [2.24, 2.45) is 17.8 Å². The lowest BCUT2D eigenvalue weighted by Crippen LogP contribution is -2.40. The van der Waals surface area contributed by atoms with E-state index in [1.807, 2.05) is 30.3 Å². The number of rotatable bonds is 9. The Morgan fingerprint density at radius 3 is 2.53 bits per heavy atom. The molecule has 36 heavy (non-hydrogen) atoms. The predicted octanol–water partition coefficient (Wildman–Crippen LogP) is 6.10. The van der Waals surface area contributed by atoms with Crippen molar-refractivity contribution in [1.82, 2.24) is 20.1 Å². The topological polar surface area (TPSA) is 69.0 Å². The summed E-state index contributed by atoms with van der Waals surface area (Å²) in [6.45, 7) is 6.55. The molecule has 3 aromatic rings. The third-order valence-electron chi connectivity index (χ3n) is 7.94. The number of benzene rings is 2. The van der Waals surface area contributed by atoms with Crippen LogP contribution in [0.5, 0.6) is 5.75 Å². The first kappa shape index (κ1) is 24.9. The van der Waals surface area contributed by atoms with Crippen molar-refractivity contribution < 1.29 is 9.53 Å². The van der Waals surface area contributed by atoms with Gasteiger partial charge in [0, 0.05) is 11.6 Å². The minimum Gasteiger partial charge on any atom is -0.497 e. The number of aromatic nitrogens is 3. The van der Waals surface area contributed by atoms with Gasteiger partial charge in [-0.15, -0.1) is 10.2 Å². The summed E-state index contributed by atoms with van der Waals surface area (Å²) in [6.07, 6.45) is 5.33. The highest BCUT2D eigenvalue weighted by atomic mass is 32.2. The maximum absolute atomic E-state index is 13.0. The van der Waals surface area contributed by atoms with E-state index in [1.54, 1.807) is 7.11 Å². The second kappa shape index (κ2) is 10.7. The second-order valence-corrected chi connectivity index (χ2v) is 11.5. The fraction of sp³-hybridized carbons (Fsp3) is 0.483. The van der Waals surface area contributed by atoms with E-state index in [-0.39, 0.29) is 11.9 Å². The number of nitrogens with zero attached hydrogens (tertiary/aromatic N) is 3. The Labute approximate surface area is 218 Å². The number of methoxy groups -OCH3 is 1. The first-order valence-corrected chi connectivity index (χ1v) is 14.0. The quantitative estimate of drug-likeness (QED) is 0.357. The number of nitrogens with one attached hydrogen (secondary N) is 1. The zero-order valence-corrected chi connectivity index (χ0v) is 22.4. The summed E-state index contributed by atoms with van der Waals surface area (Å²) in [7, 11) is 1.66. The molecule has 6 nitrogen and oxygen atoms in total. The predicted molar refractivity (Wildman–Crippen MR) is 145 cm³/mol. The number of hydrogen-bond donors (Lipinski definition) is 1. The van der Waals surface area contributed by atoms with Crippen molar-refractivity contribution in [2.45, 2.75) is 63.6 Å². The second-order valence-electron chi connectivity index (χ2n) is 10.6. The number of thioether (sulfide) groups is 1. The molecule has 5 rings (SSSR count). The number of amides is 1. The molecule has 2 fully saturated rings. The van der Waals surface area contributed by atoms with Crippen LogP contribution in [0.2, 0.25) is 0 Å². The van der Waals surface area contributed by atoms with Gasteiger partial charge in [-0.05, 0) is 85.8 Å². The van der Waals surface area contributed by atoms with Gasteiger partial charge in [-0.1, -0.05) is 50.2 Å². The Morgan fingerprint density at radius 2 is 1.86 bits per heavy atom. The monoisotopic (exact) mass is 504 g/mol. The molecule has 2 aliphatic rings. The zero-order chi connectivity index (χ0) is 25.2. The van der Waals surface area contributed by atoms with Crippen LogP contribution in [-0.4, -0.2) is 39.6 Å². The molecule has 1 aromatic heterocycles. The van der Waals surface area contributed by atoms with Crippen molar-refractivity contribution in [2.75, 3.05) is 12.9 Å². The van der Waals surface area contributed by atoms with Crippen molar-refractivity contribution in [3.63, 3.8) is 0 Å². The lowest BCUT2D eigenvalue weighted by Gasteiger charge is -2.28. The molecule has 2 bridgehead atoms. The largest absolute Gasteiger partial charge is 0.497 e. The summed E-state index contributed by atoms with van der Waals surface area (Å²) in [5, 5.41) is 13.1. The Morgan fingerprint density at radius 1 is 1.08 bits per heavy atom. The minimum atomic E-state index is 0.0629. The van der Waals surface area contributed by atoms with Gasteiger partial charge in [-0.25, -0.2) is 0 Å². The third-order valence-corrected chi connectivity index (χ3v) is 8.87. The number of carbonyl (C=O) groups is 1. The lowest BCUT2D eigenvalue weighted by atomic mass is 9.84. The van der Waals surface area contributed by atoms with Crippen molar-refractivity contribution in [1.29, 1.82) is 0 Å². The molecule has 190 valence electrons.